The smallest absolute Gasteiger partial charge is 0.150 e. The van der Waals surface area contributed by atoms with Gasteiger partial charge in [-0.15, -0.1) is 0 Å². The summed E-state index contributed by atoms with van der Waals surface area (Å²) in [7, 11) is 1.95. The van der Waals surface area contributed by atoms with E-state index in [1.165, 1.54) is 0 Å². The molecule has 0 aliphatic carbocycles. The van der Waals surface area contributed by atoms with E-state index in [9.17, 15) is 5.11 Å². The number of aromatic nitrogens is 2. The first-order chi connectivity index (χ1) is 8.82. The summed E-state index contributed by atoms with van der Waals surface area (Å²) < 4.78 is 1.88. The summed E-state index contributed by atoms with van der Waals surface area (Å²) in [6.07, 6.45) is 2.60. The van der Waals surface area contributed by atoms with Crippen LogP contribution in [0.25, 0.3) is 0 Å². The van der Waals surface area contributed by atoms with Crippen LogP contribution in [0.2, 0.25) is 0 Å². The monoisotopic (exact) mass is 266 g/mol. The van der Waals surface area contributed by atoms with Crippen molar-refractivity contribution in [2.45, 2.75) is 51.6 Å². The number of rotatable bonds is 2. The summed E-state index contributed by atoms with van der Waals surface area (Å²) in [4.78, 5) is 2.26. The second-order valence-electron chi connectivity index (χ2n) is 6.24. The molecule has 5 heteroatoms. The standard InChI is InChI=1S/C14H26N4O/c1-10(2)12-11(15)13(17(4)16-12)18-8-5-6-14(3,19)7-9-18/h10,19H,5-9,15H2,1-4H3. The normalized spacial score (nSPS) is 24.8. The van der Waals surface area contributed by atoms with Crippen LogP contribution in [0.5, 0.6) is 0 Å². The van der Waals surface area contributed by atoms with E-state index in [1.807, 2.05) is 18.7 Å². The van der Waals surface area contributed by atoms with E-state index >= 15 is 0 Å². The number of hydrogen-bond acceptors (Lipinski definition) is 4. The van der Waals surface area contributed by atoms with Gasteiger partial charge in [-0.3, -0.25) is 4.68 Å². The molecule has 0 saturated carbocycles. The first-order valence-electron chi connectivity index (χ1n) is 7.11. The van der Waals surface area contributed by atoms with E-state index in [4.69, 9.17) is 5.73 Å². The van der Waals surface area contributed by atoms with Crippen molar-refractivity contribution in [3.8, 4) is 0 Å². The molecule has 1 aromatic rings. The molecule has 0 bridgehead atoms. The highest BCUT2D eigenvalue weighted by molar-refractivity contribution is 5.67. The second kappa shape index (κ2) is 5.04. The summed E-state index contributed by atoms with van der Waals surface area (Å²) in [5.74, 6) is 1.33. The highest BCUT2D eigenvalue weighted by Gasteiger charge is 2.28. The molecule has 2 heterocycles. The molecule has 2 rings (SSSR count). The molecule has 1 saturated heterocycles. The minimum absolute atomic E-state index is 0.329. The van der Waals surface area contributed by atoms with Crippen LogP contribution in [-0.2, 0) is 7.05 Å². The van der Waals surface area contributed by atoms with Gasteiger partial charge in [-0.25, -0.2) is 0 Å². The molecule has 0 amide bonds. The molecule has 1 aliphatic heterocycles. The number of nitrogens with two attached hydrogens (primary N) is 1. The number of nitrogens with zero attached hydrogens (tertiary/aromatic N) is 3. The van der Waals surface area contributed by atoms with Gasteiger partial charge in [0.25, 0.3) is 0 Å². The maximum absolute atomic E-state index is 10.2. The summed E-state index contributed by atoms with van der Waals surface area (Å²) in [5, 5.41) is 14.7. The van der Waals surface area contributed by atoms with Gasteiger partial charge in [0.1, 0.15) is 5.82 Å². The lowest BCUT2D eigenvalue weighted by Crippen LogP contribution is -2.30. The van der Waals surface area contributed by atoms with Crippen LogP contribution in [0.1, 0.15) is 51.6 Å². The molecule has 1 aromatic heterocycles. The molecule has 5 nitrogen and oxygen atoms in total. The molecule has 1 aliphatic rings. The minimum atomic E-state index is -0.553. The molecule has 0 aromatic carbocycles. The van der Waals surface area contributed by atoms with Crippen LogP contribution in [0.4, 0.5) is 11.5 Å². The lowest BCUT2D eigenvalue weighted by molar-refractivity contribution is 0.0481. The number of hydrogen-bond donors (Lipinski definition) is 2. The molecule has 1 atom stereocenters. The Morgan fingerprint density at radius 1 is 1.32 bits per heavy atom. The Balaban J connectivity index is 2.27. The summed E-state index contributed by atoms with van der Waals surface area (Å²) in [6.45, 7) is 7.89. The lowest BCUT2D eigenvalue weighted by atomic mass is 9.98. The highest BCUT2D eigenvalue weighted by atomic mass is 16.3. The van der Waals surface area contributed by atoms with Crippen LogP contribution in [0.15, 0.2) is 0 Å². The average molecular weight is 266 g/mol. The van der Waals surface area contributed by atoms with Crippen molar-refractivity contribution in [1.29, 1.82) is 0 Å². The van der Waals surface area contributed by atoms with E-state index in [-0.39, 0.29) is 0 Å². The van der Waals surface area contributed by atoms with Gasteiger partial charge in [0.05, 0.1) is 17.0 Å². The first kappa shape index (κ1) is 14.2. The third kappa shape index (κ3) is 2.86. The molecule has 3 N–H and O–H groups in total. The molecule has 1 unspecified atom stereocenters. The molecular formula is C14H26N4O. The predicted octanol–water partition coefficient (Wildman–Crippen LogP) is 1.87. The fraction of sp³-hybridized carbons (Fsp3) is 0.786. The molecule has 1 fully saturated rings. The Labute approximate surface area is 115 Å². The predicted molar refractivity (Wildman–Crippen MR) is 78.4 cm³/mol. The topological polar surface area (TPSA) is 67.3 Å². The maximum atomic E-state index is 10.2. The van der Waals surface area contributed by atoms with Crippen molar-refractivity contribution < 1.29 is 5.11 Å². The van der Waals surface area contributed by atoms with Gasteiger partial charge in [-0.05, 0) is 32.1 Å². The molecular weight excluding hydrogens is 240 g/mol. The van der Waals surface area contributed by atoms with Crippen molar-refractivity contribution in [2.75, 3.05) is 23.7 Å². The highest BCUT2D eigenvalue weighted by Crippen LogP contribution is 2.33. The third-order valence-electron chi connectivity index (χ3n) is 3.99. The molecule has 0 spiro atoms. The second-order valence-corrected chi connectivity index (χ2v) is 6.24. The first-order valence-corrected chi connectivity index (χ1v) is 7.11. The van der Waals surface area contributed by atoms with Crippen molar-refractivity contribution in [1.82, 2.24) is 9.78 Å². The molecule has 0 radical (unpaired) electrons. The minimum Gasteiger partial charge on any atom is -0.394 e. The number of nitrogen functional groups attached to an aromatic ring is 1. The Hall–Kier alpha value is -1.23. The zero-order valence-electron chi connectivity index (χ0n) is 12.5. The fourth-order valence-corrected chi connectivity index (χ4v) is 2.83. The Bertz CT molecular complexity index is 451. The summed E-state index contributed by atoms with van der Waals surface area (Å²) in [5.41, 5.74) is 7.47. The van der Waals surface area contributed by atoms with Gasteiger partial charge in [-0.1, -0.05) is 13.8 Å². The van der Waals surface area contributed by atoms with E-state index in [0.29, 0.717) is 5.92 Å². The van der Waals surface area contributed by atoms with E-state index < -0.39 is 5.60 Å². The van der Waals surface area contributed by atoms with Gasteiger partial charge >= 0.3 is 0 Å². The Morgan fingerprint density at radius 2 is 2.00 bits per heavy atom. The van der Waals surface area contributed by atoms with Crippen molar-refractivity contribution in [3.63, 3.8) is 0 Å². The lowest BCUT2D eigenvalue weighted by Gasteiger charge is -2.24. The molecule has 19 heavy (non-hydrogen) atoms. The zero-order valence-corrected chi connectivity index (χ0v) is 12.5. The van der Waals surface area contributed by atoms with Crippen LogP contribution in [-0.4, -0.2) is 33.6 Å². The Kier molecular flexibility index (Phi) is 3.76. The number of aliphatic hydroxyl groups is 1. The van der Waals surface area contributed by atoms with Crippen molar-refractivity contribution in [2.24, 2.45) is 7.05 Å². The van der Waals surface area contributed by atoms with E-state index in [2.05, 4.69) is 23.8 Å². The maximum Gasteiger partial charge on any atom is 0.150 e. The van der Waals surface area contributed by atoms with Crippen LogP contribution < -0.4 is 10.6 Å². The largest absolute Gasteiger partial charge is 0.394 e. The van der Waals surface area contributed by atoms with Crippen LogP contribution in [0.3, 0.4) is 0 Å². The van der Waals surface area contributed by atoms with Crippen molar-refractivity contribution >= 4 is 11.5 Å². The van der Waals surface area contributed by atoms with Gasteiger partial charge in [0, 0.05) is 20.1 Å². The quantitative estimate of drug-likeness (QED) is 0.857. The van der Waals surface area contributed by atoms with Crippen molar-refractivity contribution in [3.05, 3.63) is 5.69 Å². The van der Waals surface area contributed by atoms with Gasteiger partial charge in [-0.2, -0.15) is 5.10 Å². The third-order valence-corrected chi connectivity index (χ3v) is 3.99. The van der Waals surface area contributed by atoms with Crippen LogP contribution in [0, 0.1) is 0 Å². The molecule has 108 valence electrons. The van der Waals surface area contributed by atoms with Gasteiger partial charge < -0.3 is 15.7 Å². The van der Waals surface area contributed by atoms with Gasteiger partial charge in [0.2, 0.25) is 0 Å². The SMILES string of the molecule is CC(C)c1nn(C)c(N2CCCC(C)(O)CC2)c1N. The zero-order chi connectivity index (χ0) is 14.2. The number of aryl methyl sites for hydroxylation is 1. The number of anilines is 2. The fourth-order valence-electron chi connectivity index (χ4n) is 2.83. The van der Waals surface area contributed by atoms with E-state index in [0.717, 1.165) is 49.6 Å². The Morgan fingerprint density at radius 3 is 2.58 bits per heavy atom. The van der Waals surface area contributed by atoms with Gasteiger partial charge in [0.15, 0.2) is 0 Å². The van der Waals surface area contributed by atoms with Crippen LogP contribution >= 0.6 is 0 Å². The van der Waals surface area contributed by atoms with E-state index in [1.54, 1.807) is 0 Å². The summed E-state index contributed by atoms with van der Waals surface area (Å²) in [6, 6.07) is 0. The summed E-state index contributed by atoms with van der Waals surface area (Å²) >= 11 is 0. The average Bonchev–Trinajstić information content (AvgIpc) is 2.48.